The second kappa shape index (κ2) is 6.95. The zero-order valence-electron chi connectivity index (χ0n) is 15.2. The van der Waals surface area contributed by atoms with E-state index >= 15 is 0 Å². The van der Waals surface area contributed by atoms with Crippen molar-refractivity contribution < 1.29 is 27.5 Å². The fraction of sp³-hybridized carbons (Fsp3) is 0.238. The van der Waals surface area contributed by atoms with Crippen molar-refractivity contribution in [2.45, 2.75) is 24.6 Å². The van der Waals surface area contributed by atoms with Gasteiger partial charge in [-0.1, -0.05) is 36.4 Å². The lowest BCUT2D eigenvalue weighted by Crippen LogP contribution is -2.37. The van der Waals surface area contributed by atoms with Crippen molar-refractivity contribution in [3.63, 3.8) is 0 Å². The molecule has 0 saturated heterocycles. The molecule has 1 heterocycles. The summed E-state index contributed by atoms with van der Waals surface area (Å²) in [6.45, 7) is -0.212. The quantitative estimate of drug-likeness (QED) is 0.591. The Morgan fingerprint density at radius 3 is 2.41 bits per heavy atom. The van der Waals surface area contributed by atoms with Crippen LogP contribution in [-0.4, -0.2) is 18.5 Å². The van der Waals surface area contributed by atoms with Gasteiger partial charge in [-0.15, -0.1) is 0 Å². The first-order valence-corrected chi connectivity index (χ1v) is 9.01. The Balaban J connectivity index is 1.57. The highest BCUT2D eigenvalue weighted by atomic mass is 19.4. The lowest BCUT2D eigenvalue weighted by atomic mass is 10.0. The Bertz CT molecular complexity index is 996. The standard InChI is InChI=1S/C21H17F3N2O3/c22-21(23,24)14-7-4-8-15(11-14)25-16-12-29-19(28)17(16)18(27)26-20(9-10-20)13-5-2-1-3-6-13/h1-8,11,25H,9-10,12H2,(H,26,27). The number of hydrogen-bond donors (Lipinski definition) is 2. The number of carbonyl (C=O) groups is 2. The van der Waals surface area contributed by atoms with Gasteiger partial charge < -0.3 is 15.4 Å². The molecule has 150 valence electrons. The van der Waals surface area contributed by atoms with Gasteiger partial charge in [-0.25, -0.2) is 4.79 Å². The van der Waals surface area contributed by atoms with Crippen molar-refractivity contribution in [2.24, 2.45) is 0 Å². The molecule has 0 atom stereocenters. The number of esters is 1. The van der Waals surface area contributed by atoms with Gasteiger partial charge in [0.1, 0.15) is 12.2 Å². The highest BCUT2D eigenvalue weighted by Crippen LogP contribution is 2.45. The molecule has 1 fully saturated rings. The lowest BCUT2D eigenvalue weighted by molar-refractivity contribution is -0.138. The summed E-state index contributed by atoms with van der Waals surface area (Å²) in [4.78, 5) is 24.9. The molecular formula is C21H17F3N2O3. The zero-order valence-corrected chi connectivity index (χ0v) is 15.2. The lowest BCUT2D eigenvalue weighted by Gasteiger charge is -2.18. The molecule has 29 heavy (non-hydrogen) atoms. The third-order valence-electron chi connectivity index (χ3n) is 4.99. The van der Waals surface area contributed by atoms with Crippen LogP contribution in [0.25, 0.3) is 0 Å². The van der Waals surface area contributed by atoms with Crippen molar-refractivity contribution in [1.29, 1.82) is 0 Å². The number of nitrogens with one attached hydrogen (secondary N) is 2. The van der Waals surface area contributed by atoms with E-state index in [1.807, 2.05) is 30.3 Å². The van der Waals surface area contributed by atoms with Crippen LogP contribution >= 0.6 is 0 Å². The highest BCUT2D eigenvalue weighted by Gasteiger charge is 2.47. The number of rotatable bonds is 5. The third kappa shape index (κ3) is 3.83. The average Bonchev–Trinajstić information content (AvgIpc) is 3.38. The van der Waals surface area contributed by atoms with Crippen LogP contribution < -0.4 is 10.6 Å². The summed E-state index contributed by atoms with van der Waals surface area (Å²) in [6.07, 6.45) is -3.02. The Labute approximate surface area is 164 Å². The number of hydrogen-bond acceptors (Lipinski definition) is 4. The molecule has 8 heteroatoms. The average molecular weight is 402 g/mol. The van der Waals surface area contributed by atoms with Crippen molar-refractivity contribution in [3.05, 3.63) is 77.0 Å². The number of cyclic esters (lactones) is 1. The van der Waals surface area contributed by atoms with Crippen LogP contribution in [-0.2, 0) is 26.0 Å². The van der Waals surface area contributed by atoms with E-state index in [1.165, 1.54) is 12.1 Å². The molecule has 0 bridgehead atoms. The van der Waals surface area contributed by atoms with E-state index in [9.17, 15) is 22.8 Å². The smallest absolute Gasteiger partial charge is 0.416 e. The molecule has 1 amide bonds. The van der Waals surface area contributed by atoms with Crippen molar-refractivity contribution >= 4 is 17.6 Å². The van der Waals surface area contributed by atoms with E-state index in [0.717, 1.165) is 30.5 Å². The van der Waals surface area contributed by atoms with E-state index in [-0.39, 0.29) is 23.6 Å². The van der Waals surface area contributed by atoms with Crippen molar-refractivity contribution in [3.8, 4) is 0 Å². The van der Waals surface area contributed by atoms with E-state index in [4.69, 9.17) is 4.74 Å². The number of amides is 1. The van der Waals surface area contributed by atoms with Crippen LogP contribution in [0.4, 0.5) is 18.9 Å². The van der Waals surface area contributed by atoms with Crippen LogP contribution in [0.2, 0.25) is 0 Å². The van der Waals surface area contributed by atoms with Crippen LogP contribution in [0, 0.1) is 0 Å². The predicted octanol–water partition coefficient (Wildman–Crippen LogP) is 3.73. The molecule has 2 aromatic rings. The number of ether oxygens (including phenoxy) is 1. The van der Waals surface area contributed by atoms with Crippen LogP contribution in [0.15, 0.2) is 65.9 Å². The van der Waals surface area contributed by atoms with Crippen LogP contribution in [0.3, 0.4) is 0 Å². The molecule has 0 unspecified atom stereocenters. The van der Waals surface area contributed by atoms with Crippen molar-refractivity contribution in [1.82, 2.24) is 5.32 Å². The summed E-state index contributed by atoms with van der Waals surface area (Å²) in [6, 6.07) is 13.9. The first-order chi connectivity index (χ1) is 13.8. The fourth-order valence-corrected chi connectivity index (χ4v) is 3.33. The number of benzene rings is 2. The molecular weight excluding hydrogens is 385 g/mol. The summed E-state index contributed by atoms with van der Waals surface area (Å²) in [5.74, 6) is -1.41. The number of alkyl halides is 3. The first-order valence-electron chi connectivity index (χ1n) is 9.01. The Hall–Kier alpha value is -3.29. The van der Waals surface area contributed by atoms with Gasteiger partial charge in [-0.3, -0.25) is 4.79 Å². The van der Waals surface area contributed by atoms with Gasteiger partial charge in [0.05, 0.1) is 16.8 Å². The largest absolute Gasteiger partial charge is 0.455 e. The molecule has 2 aliphatic rings. The maximum atomic E-state index is 12.9. The predicted molar refractivity (Wildman–Crippen MR) is 98.5 cm³/mol. The zero-order chi connectivity index (χ0) is 20.6. The number of halogens is 3. The fourth-order valence-electron chi connectivity index (χ4n) is 3.33. The Kier molecular flexibility index (Phi) is 4.56. The molecule has 0 spiro atoms. The number of anilines is 1. The summed E-state index contributed by atoms with van der Waals surface area (Å²) in [5, 5.41) is 5.62. The van der Waals surface area contributed by atoms with Gasteiger partial charge in [0.15, 0.2) is 0 Å². The molecule has 5 nitrogen and oxygen atoms in total. The summed E-state index contributed by atoms with van der Waals surface area (Å²) >= 11 is 0. The van der Waals surface area contributed by atoms with Gasteiger partial charge in [-0.2, -0.15) is 13.2 Å². The minimum atomic E-state index is -4.50. The van der Waals surface area contributed by atoms with Gasteiger partial charge in [-0.05, 0) is 36.6 Å². The molecule has 1 aliphatic carbocycles. The van der Waals surface area contributed by atoms with E-state index in [0.29, 0.717) is 0 Å². The van der Waals surface area contributed by atoms with Crippen LogP contribution in [0.5, 0.6) is 0 Å². The van der Waals surface area contributed by atoms with Crippen molar-refractivity contribution in [2.75, 3.05) is 11.9 Å². The summed E-state index contributed by atoms with van der Waals surface area (Å²) in [7, 11) is 0. The van der Waals surface area contributed by atoms with E-state index in [1.54, 1.807) is 0 Å². The van der Waals surface area contributed by atoms with Crippen LogP contribution in [0.1, 0.15) is 24.0 Å². The normalized spacial score (nSPS) is 17.7. The maximum Gasteiger partial charge on any atom is 0.416 e. The van der Waals surface area contributed by atoms with E-state index < -0.39 is 29.2 Å². The number of carbonyl (C=O) groups excluding carboxylic acids is 2. The van der Waals surface area contributed by atoms with Gasteiger partial charge in [0, 0.05) is 5.69 Å². The Morgan fingerprint density at radius 1 is 1.03 bits per heavy atom. The molecule has 0 aromatic heterocycles. The van der Waals surface area contributed by atoms with E-state index in [2.05, 4.69) is 10.6 Å². The molecule has 2 aromatic carbocycles. The summed E-state index contributed by atoms with van der Waals surface area (Å²) in [5.41, 5.74) is -0.397. The van der Waals surface area contributed by atoms with Gasteiger partial charge in [0.25, 0.3) is 5.91 Å². The molecule has 0 radical (unpaired) electrons. The topological polar surface area (TPSA) is 67.4 Å². The molecule has 1 saturated carbocycles. The SMILES string of the molecule is O=C(NC1(c2ccccc2)CC1)C1=C(Nc2cccc(C(F)(F)F)c2)COC1=O. The first kappa shape index (κ1) is 19.0. The summed E-state index contributed by atoms with van der Waals surface area (Å²) < 4.78 is 43.7. The monoisotopic (exact) mass is 402 g/mol. The Morgan fingerprint density at radius 2 is 1.76 bits per heavy atom. The molecule has 1 aliphatic heterocycles. The minimum absolute atomic E-state index is 0.114. The third-order valence-corrected chi connectivity index (χ3v) is 4.99. The minimum Gasteiger partial charge on any atom is -0.455 e. The maximum absolute atomic E-state index is 12.9. The molecule has 2 N–H and O–H groups in total. The second-order valence-electron chi connectivity index (χ2n) is 7.04. The van der Waals surface area contributed by atoms with Gasteiger partial charge in [0.2, 0.25) is 0 Å². The second-order valence-corrected chi connectivity index (χ2v) is 7.04. The van der Waals surface area contributed by atoms with Gasteiger partial charge >= 0.3 is 12.1 Å². The molecule has 4 rings (SSSR count). The highest BCUT2D eigenvalue weighted by molar-refractivity contribution is 6.18.